The maximum atomic E-state index is 12.6. The highest BCUT2D eigenvalue weighted by atomic mass is 35.5. The fourth-order valence-corrected chi connectivity index (χ4v) is 2.86. The molecule has 1 aliphatic heterocycles. The van der Waals surface area contributed by atoms with E-state index in [1.54, 1.807) is 23.1 Å². The third-order valence-corrected chi connectivity index (χ3v) is 4.44. The van der Waals surface area contributed by atoms with Gasteiger partial charge in [-0.3, -0.25) is 4.79 Å². The van der Waals surface area contributed by atoms with Gasteiger partial charge in [0.2, 0.25) is 0 Å². The number of carbonyl (C=O) groups is 1. The lowest BCUT2D eigenvalue weighted by Crippen LogP contribution is -2.36. The predicted octanol–water partition coefficient (Wildman–Crippen LogP) is 3.77. The number of nitrogen functional groups attached to an aromatic ring is 1. The molecule has 3 rings (SSSR count). The molecule has 3 nitrogen and oxygen atoms in total. The first-order valence-electron chi connectivity index (χ1n) is 6.66. The Kier molecular flexibility index (Phi) is 3.79. The number of amides is 1. The Balaban J connectivity index is 1.85. The monoisotopic (exact) mass is 320 g/mol. The molecule has 0 aliphatic carbocycles. The molecule has 2 aromatic carbocycles. The third kappa shape index (κ3) is 2.85. The van der Waals surface area contributed by atoms with Gasteiger partial charge in [0.15, 0.2) is 0 Å². The average molecular weight is 321 g/mol. The number of benzene rings is 2. The second-order valence-corrected chi connectivity index (χ2v) is 5.95. The maximum absolute atomic E-state index is 12.6. The first kappa shape index (κ1) is 14.2. The van der Waals surface area contributed by atoms with Gasteiger partial charge in [-0.2, -0.15) is 0 Å². The van der Waals surface area contributed by atoms with Gasteiger partial charge in [-0.15, -0.1) is 0 Å². The lowest BCUT2D eigenvalue weighted by Gasteiger charge is -2.29. The molecule has 0 aromatic heterocycles. The van der Waals surface area contributed by atoms with Gasteiger partial charge in [-0.1, -0.05) is 29.3 Å². The van der Waals surface area contributed by atoms with E-state index >= 15 is 0 Å². The summed E-state index contributed by atoms with van der Waals surface area (Å²) in [6.45, 7) is 1.26. The van der Waals surface area contributed by atoms with Crippen LogP contribution in [0, 0.1) is 0 Å². The lowest BCUT2D eigenvalue weighted by atomic mass is 9.98. The van der Waals surface area contributed by atoms with E-state index < -0.39 is 0 Å². The second-order valence-electron chi connectivity index (χ2n) is 5.13. The van der Waals surface area contributed by atoms with Crippen LogP contribution in [0.3, 0.4) is 0 Å². The van der Waals surface area contributed by atoms with Crippen molar-refractivity contribution in [2.45, 2.75) is 13.0 Å². The molecule has 0 saturated heterocycles. The summed E-state index contributed by atoms with van der Waals surface area (Å²) in [5, 5.41) is 0.842. The van der Waals surface area contributed by atoms with E-state index in [0.29, 0.717) is 28.7 Å². The Labute approximate surface area is 133 Å². The van der Waals surface area contributed by atoms with Gasteiger partial charge in [-0.25, -0.2) is 0 Å². The Bertz CT molecular complexity index is 715. The van der Waals surface area contributed by atoms with Crippen LogP contribution in [0.5, 0.6) is 0 Å². The van der Waals surface area contributed by atoms with Crippen LogP contribution in [0.25, 0.3) is 0 Å². The number of anilines is 1. The summed E-state index contributed by atoms with van der Waals surface area (Å²) in [6.07, 6.45) is 0.836. The van der Waals surface area contributed by atoms with Gasteiger partial charge in [0, 0.05) is 24.3 Å². The molecule has 2 aromatic rings. The van der Waals surface area contributed by atoms with Crippen molar-refractivity contribution in [1.29, 1.82) is 0 Å². The van der Waals surface area contributed by atoms with Gasteiger partial charge in [0.25, 0.3) is 5.91 Å². The van der Waals surface area contributed by atoms with E-state index in [9.17, 15) is 4.79 Å². The van der Waals surface area contributed by atoms with Crippen molar-refractivity contribution in [3.8, 4) is 0 Å². The normalized spacial score (nSPS) is 13.9. The van der Waals surface area contributed by atoms with Crippen LogP contribution in [-0.4, -0.2) is 17.4 Å². The summed E-state index contributed by atoms with van der Waals surface area (Å²) in [5.74, 6) is -0.0401. The Hall–Kier alpha value is -1.71. The molecule has 1 amide bonds. The zero-order chi connectivity index (χ0) is 15.0. The van der Waals surface area contributed by atoms with Crippen molar-refractivity contribution in [3.63, 3.8) is 0 Å². The molecule has 2 N–H and O–H groups in total. The second kappa shape index (κ2) is 5.58. The Morgan fingerprint density at radius 2 is 1.86 bits per heavy atom. The van der Waals surface area contributed by atoms with Crippen LogP contribution in [0.1, 0.15) is 21.5 Å². The summed E-state index contributed by atoms with van der Waals surface area (Å²) < 4.78 is 0. The number of nitrogens with two attached hydrogens (primary N) is 1. The van der Waals surface area contributed by atoms with E-state index in [1.807, 2.05) is 18.2 Å². The summed E-state index contributed by atoms with van der Waals surface area (Å²) in [5.41, 5.74) is 9.45. The fraction of sp³-hybridized carbons (Fsp3) is 0.188. The zero-order valence-corrected chi connectivity index (χ0v) is 12.8. The Morgan fingerprint density at radius 3 is 2.62 bits per heavy atom. The average Bonchev–Trinajstić information content (AvgIpc) is 2.48. The van der Waals surface area contributed by atoms with Gasteiger partial charge < -0.3 is 10.6 Å². The fourth-order valence-electron chi connectivity index (χ4n) is 2.56. The van der Waals surface area contributed by atoms with Crippen molar-refractivity contribution in [3.05, 3.63) is 63.1 Å². The van der Waals surface area contributed by atoms with E-state index in [0.717, 1.165) is 17.7 Å². The van der Waals surface area contributed by atoms with Crippen LogP contribution < -0.4 is 5.73 Å². The molecule has 21 heavy (non-hydrogen) atoms. The molecule has 0 unspecified atom stereocenters. The predicted molar refractivity (Wildman–Crippen MR) is 85.8 cm³/mol. The number of rotatable bonds is 1. The van der Waals surface area contributed by atoms with Gasteiger partial charge in [-0.05, 0) is 47.9 Å². The molecule has 0 atom stereocenters. The molecule has 0 radical (unpaired) electrons. The highest BCUT2D eigenvalue weighted by Crippen LogP contribution is 2.26. The van der Waals surface area contributed by atoms with E-state index in [-0.39, 0.29) is 5.91 Å². The zero-order valence-electron chi connectivity index (χ0n) is 11.3. The number of fused-ring (bicyclic) bond motifs is 1. The largest absolute Gasteiger partial charge is 0.399 e. The van der Waals surface area contributed by atoms with Crippen LogP contribution in [0.15, 0.2) is 36.4 Å². The summed E-state index contributed by atoms with van der Waals surface area (Å²) in [4.78, 5) is 14.4. The van der Waals surface area contributed by atoms with E-state index in [1.165, 1.54) is 5.56 Å². The molecule has 5 heteroatoms. The molecule has 1 heterocycles. The smallest absolute Gasteiger partial charge is 0.254 e. The molecule has 1 aliphatic rings. The summed E-state index contributed by atoms with van der Waals surface area (Å²) in [7, 11) is 0. The van der Waals surface area contributed by atoms with Gasteiger partial charge in [0.1, 0.15) is 0 Å². The van der Waals surface area contributed by atoms with Gasteiger partial charge >= 0.3 is 0 Å². The molecular formula is C16H14Cl2N2O. The summed E-state index contributed by atoms with van der Waals surface area (Å²) in [6, 6.07) is 10.8. The van der Waals surface area contributed by atoms with Crippen LogP contribution in [-0.2, 0) is 13.0 Å². The molecule has 0 saturated carbocycles. The number of hydrogen-bond acceptors (Lipinski definition) is 2. The molecule has 108 valence electrons. The van der Waals surface area contributed by atoms with Crippen LogP contribution in [0.4, 0.5) is 5.69 Å². The minimum atomic E-state index is -0.0401. The molecular weight excluding hydrogens is 307 g/mol. The van der Waals surface area contributed by atoms with Gasteiger partial charge in [0.05, 0.1) is 10.0 Å². The highest BCUT2D eigenvalue weighted by molar-refractivity contribution is 6.42. The first-order valence-corrected chi connectivity index (χ1v) is 7.42. The molecule has 0 fully saturated rings. The lowest BCUT2D eigenvalue weighted by molar-refractivity contribution is 0.0735. The molecule has 0 spiro atoms. The van der Waals surface area contributed by atoms with Crippen molar-refractivity contribution < 1.29 is 4.79 Å². The number of halogens is 2. The first-order chi connectivity index (χ1) is 10.0. The third-order valence-electron chi connectivity index (χ3n) is 3.70. The van der Waals surface area contributed by atoms with Crippen molar-refractivity contribution in [2.75, 3.05) is 12.3 Å². The van der Waals surface area contributed by atoms with Crippen LogP contribution in [0.2, 0.25) is 10.0 Å². The van der Waals surface area contributed by atoms with Crippen molar-refractivity contribution in [2.24, 2.45) is 0 Å². The molecule has 0 bridgehead atoms. The van der Waals surface area contributed by atoms with Crippen LogP contribution >= 0.6 is 23.2 Å². The Morgan fingerprint density at radius 1 is 1.05 bits per heavy atom. The number of hydrogen-bond donors (Lipinski definition) is 1. The van der Waals surface area contributed by atoms with Crippen molar-refractivity contribution in [1.82, 2.24) is 4.90 Å². The number of nitrogens with zero attached hydrogens (tertiary/aromatic N) is 1. The minimum absolute atomic E-state index is 0.0401. The number of carbonyl (C=O) groups excluding carboxylic acids is 1. The summed E-state index contributed by atoms with van der Waals surface area (Å²) >= 11 is 11.9. The van der Waals surface area contributed by atoms with Crippen molar-refractivity contribution >= 4 is 34.8 Å². The quantitative estimate of drug-likeness (QED) is 0.813. The van der Waals surface area contributed by atoms with E-state index in [4.69, 9.17) is 28.9 Å². The topological polar surface area (TPSA) is 46.3 Å². The minimum Gasteiger partial charge on any atom is -0.399 e. The standard InChI is InChI=1S/C16H14Cl2N2O/c17-14-4-2-11(8-15(14)18)16(21)20-6-5-10-1-3-13(19)7-12(10)9-20/h1-4,7-8H,5-6,9,19H2. The SMILES string of the molecule is Nc1ccc2c(c1)CN(C(=O)c1ccc(Cl)c(Cl)c1)CC2. The highest BCUT2D eigenvalue weighted by Gasteiger charge is 2.22. The van der Waals surface area contributed by atoms with E-state index in [2.05, 4.69) is 0 Å². The maximum Gasteiger partial charge on any atom is 0.254 e.